The first-order valence-corrected chi connectivity index (χ1v) is 15.5. The summed E-state index contributed by atoms with van der Waals surface area (Å²) in [6, 6.07) is 16.8. The van der Waals surface area contributed by atoms with Gasteiger partial charge in [-0.15, -0.1) is 17.9 Å². The highest BCUT2D eigenvalue weighted by molar-refractivity contribution is 7.16. The second kappa shape index (κ2) is 13.0. The monoisotopic (exact) mass is 639 g/mol. The van der Waals surface area contributed by atoms with Crippen molar-refractivity contribution in [1.82, 2.24) is 30.1 Å². The average molecular weight is 640 g/mol. The number of thiazole rings is 1. The maximum Gasteiger partial charge on any atom is 0.334 e. The van der Waals surface area contributed by atoms with Crippen LogP contribution in [-0.2, 0) is 29.1 Å². The Morgan fingerprint density at radius 1 is 1.13 bits per heavy atom. The highest BCUT2D eigenvalue weighted by Gasteiger charge is 2.51. The second-order valence-corrected chi connectivity index (χ2v) is 11.9. The summed E-state index contributed by atoms with van der Waals surface area (Å²) in [6.07, 6.45) is 0.879. The topological polar surface area (TPSA) is 133 Å². The van der Waals surface area contributed by atoms with Gasteiger partial charge in [0.1, 0.15) is 23.8 Å². The first-order valence-electron chi connectivity index (χ1n) is 14.6. The molecule has 6 rings (SSSR count). The Morgan fingerprint density at radius 3 is 2.59 bits per heavy atom. The van der Waals surface area contributed by atoms with Gasteiger partial charge in [0.15, 0.2) is 0 Å². The molecule has 2 atom stereocenters. The van der Waals surface area contributed by atoms with Crippen LogP contribution in [0.5, 0.6) is 5.75 Å². The third kappa shape index (κ3) is 6.00. The number of halogens is 1. The average Bonchev–Trinajstić information content (AvgIpc) is 3.56. The third-order valence-electron chi connectivity index (χ3n) is 8.15. The van der Waals surface area contributed by atoms with Crippen molar-refractivity contribution in [1.29, 1.82) is 5.26 Å². The summed E-state index contributed by atoms with van der Waals surface area (Å²) in [5.41, 5.74) is 4.66. The molecule has 0 bridgehead atoms. The summed E-state index contributed by atoms with van der Waals surface area (Å²) < 4.78 is 14.9. The van der Waals surface area contributed by atoms with Crippen LogP contribution in [0.15, 0.2) is 78.8 Å². The molecule has 0 aliphatic carbocycles. The van der Waals surface area contributed by atoms with E-state index in [4.69, 9.17) is 5.26 Å². The van der Waals surface area contributed by atoms with Crippen molar-refractivity contribution in [3.05, 3.63) is 107 Å². The van der Waals surface area contributed by atoms with Crippen LogP contribution < -0.4 is 5.32 Å². The number of nitriles is 1. The number of carbonyl (C=O) groups is 3. The number of rotatable bonds is 8. The minimum Gasteiger partial charge on any atom is -0.508 e. The van der Waals surface area contributed by atoms with Gasteiger partial charge in [-0.05, 0) is 47.0 Å². The molecular formula is C33H30FN7O4S. The normalized spacial score (nSPS) is 18.4. The SMILES string of the molecule is C=CCN1CC(=O)N2[C@@H](Cc3ccc(O)cc3)C(=O)N(Cc3ccc(F)c4scnc34)C[C@@H]2N1C(=O)NCc1ccc(C#N)cc1. The Hall–Kier alpha value is -5.32. The Bertz CT molecular complexity index is 1840. The zero-order valence-corrected chi connectivity index (χ0v) is 25.5. The highest BCUT2D eigenvalue weighted by Crippen LogP contribution is 2.31. The minimum atomic E-state index is -0.957. The summed E-state index contributed by atoms with van der Waals surface area (Å²) >= 11 is 1.17. The molecule has 4 amide bonds. The largest absolute Gasteiger partial charge is 0.508 e. The van der Waals surface area contributed by atoms with Crippen molar-refractivity contribution in [3.63, 3.8) is 0 Å². The number of hydrogen-bond donors (Lipinski definition) is 2. The second-order valence-electron chi connectivity index (χ2n) is 11.1. The number of hydrazine groups is 1. The van der Waals surface area contributed by atoms with Gasteiger partial charge in [0.05, 0.1) is 40.4 Å². The van der Waals surface area contributed by atoms with Crippen LogP contribution in [0.2, 0.25) is 0 Å². The number of phenols is 1. The van der Waals surface area contributed by atoms with Crippen molar-refractivity contribution in [2.45, 2.75) is 31.7 Å². The Kier molecular flexibility index (Phi) is 8.65. The van der Waals surface area contributed by atoms with E-state index < -0.39 is 24.1 Å². The highest BCUT2D eigenvalue weighted by atomic mass is 32.1. The van der Waals surface area contributed by atoms with Crippen molar-refractivity contribution in [3.8, 4) is 11.8 Å². The molecule has 0 radical (unpaired) electrons. The van der Waals surface area contributed by atoms with Crippen LogP contribution in [0.1, 0.15) is 22.3 Å². The molecule has 2 fully saturated rings. The van der Waals surface area contributed by atoms with Gasteiger partial charge in [0.25, 0.3) is 0 Å². The number of amides is 4. The van der Waals surface area contributed by atoms with Crippen molar-refractivity contribution in [2.24, 2.45) is 0 Å². The van der Waals surface area contributed by atoms with Crippen LogP contribution in [-0.4, -0.2) is 79.6 Å². The molecule has 234 valence electrons. The molecule has 2 N–H and O–H groups in total. The predicted octanol–water partition coefficient (Wildman–Crippen LogP) is 3.75. The molecule has 1 aromatic heterocycles. The van der Waals surface area contributed by atoms with Gasteiger partial charge in [0, 0.05) is 26.1 Å². The fourth-order valence-electron chi connectivity index (χ4n) is 5.96. The number of carbonyl (C=O) groups excluding carboxylic acids is 3. The van der Waals surface area contributed by atoms with E-state index in [1.807, 2.05) is 0 Å². The molecule has 0 saturated carbocycles. The fraction of sp³-hybridized carbons (Fsp3) is 0.242. The summed E-state index contributed by atoms with van der Waals surface area (Å²) in [5, 5.41) is 24.9. The number of aromatic nitrogens is 1. The van der Waals surface area contributed by atoms with Crippen molar-refractivity contribution < 1.29 is 23.9 Å². The lowest BCUT2D eigenvalue weighted by Crippen LogP contribution is -2.76. The van der Waals surface area contributed by atoms with E-state index in [0.29, 0.717) is 21.3 Å². The molecular weight excluding hydrogens is 609 g/mol. The molecule has 3 heterocycles. The minimum absolute atomic E-state index is 0.00239. The molecule has 2 aliphatic heterocycles. The van der Waals surface area contributed by atoms with Gasteiger partial charge in [-0.2, -0.15) is 5.26 Å². The zero-order chi connectivity index (χ0) is 32.4. The Labute approximate surface area is 268 Å². The maximum absolute atomic E-state index is 14.5. The summed E-state index contributed by atoms with van der Waals surface area (Å²) in [7, 11) is 0. The number of phenolic OH excluding ortho intramolecular Hbond substituents is 1. The van der Waals surface area contributed by atoms with Gasteiger partial charge in [-0.3, -0.25) is 9.59 Å². The maximum atomic E-state index is 14.5. The molecule has 46 heavy (non-hydrogen) atoms. The van der Waals surface area contributed by atoms with Crippen molar-refractivity contribution >= 4 is 39.4 Å². The molecule has 2 aliphatic rings. The summed E-state index contributed by atoms with van der Waals surface area (Å²) in [6.45, 7) is 4.11. The number of piperazine rings is 1. The molecule has 0 spiro atoms. The number of fused-ring (bicyclic) bond motifs is 2. The molecule has 0 unspecified atom stereocenters. The van der Waals surface area contributed by atoms with Gasteiger partial charge in [-0.25, -0.2) is 24.2 Å². The van der Waals surface area contributed by atoms with E-state index in [1.54, 1.807) is 64.0 Å². The van der Waals surface area contributed by atoms with Gasteiger partial charge >= 0.3 is 6.03 Å². The molecule has 3 aromatic carbocycles. The lowest BCUT2D eigenvalue weighted by molar-refractivity contribution is -0.189. The van der Waals surface area contributed by atoms with Crippen LogP contribution >= 0.6 is 11.3 Å². The number of nitrogens with one attached hydrogen (secondary N) is 1. The van der Waals surface area contributed by atoms with Crippen LogP contribution in [0.25, 0.3) is 10.2 Å². The fourth-order valence-corrected chi connectivity index (χ4v) is 6.70. The lowest BCUT2D eigenvalue weighted by atomic mass is 9.98. The molecule has 2 saturated heterocycles. The summed E-state index contributed by atoms with van der Waals surface area (Å²) in [5.74, 6) is -0.962. The van der Waals surface area contributed by atoms with E-state index in [-0.39, 0.29) is 56.7 Å². The van der Waals surface area contributed by atoms with Crippen LogP contribution in [0.3, 0.4) is 0 Å². The standard InChI is InChI=1S/C33H30FN7O4S/c1-2-13-39-19-29(43)40-27(14-21-7-10-25(42)11-8-21)32(44)38(17-24-9-12-26(34)31-30(24)37-20-46-31)18-28(40)41(39)33(45)36-16-23-5-3-22(15-35)4-6-23/h2-12,20,27-28,42H,1,13-14,16-19H2,(H,36,45)/t27-,28-/m0/s1. The zero-order valence-electron chi connectivity index (χ0n) is 24.7. The number of aromatic hydroxyl groups is 1. The van der Waals surface area contributed by atoms with Gasteiger partial charge < -0.3 is 20.2 Å². The van der Waals surface area contributed by atoms with E-state index in [0.717, 1.165) is 11.1 Å². The number of benzene rings is 3. The van der Waals surface area contributed by atoms with E-state index in [1.165, 1.54) is 39.4 Å². The quantitative estimate of drug-likeness (QED) is 0.281. The number of urea groups is 1. The lowest BCUT2D eigenvalue weighted by Gasteiger charge is -2.55. The van der Waals surface area contributed by atoms with Gasteiger partial charge in [0.2, 0.25) is 11.8 Å². The van der Waals surface area contributed by atoms with E-state index in [2.05, 4.69) is 22.9 Å². The van der Waals surface area contributed by atoms with E-state index >= 15 is 0 Å². The number of hydrogen-bond acceptors (Lipinski definition) is 8. The summed E-state index contributed by atoms with van der Waals surface area (Å²) in [4.78, 5) is 49.3. The number of nitrogens with zero attached hydrogens (tertiary/aromatic N) is 6. The predicted molar refractivity (Wildman–Crippen MR) is 168 cm³/mol. The van der Waals surface area contributed by atoms with Crippen LogP contribution in [0, 0.1) is 17.1 Å². The van der Waals surface area contributed by atoms with Crippen LogP contribution in [0.4, 0.5) is 9.18 Å². The Morgan fingerprint density at radius 2 is 1.87 bits per heavy atom. The first-order chi connectivity index (χ1) is 22.3. The third-order valence-corrected chi connectivity index (χ3v) is 8.99. The molecule has 13 heteroatoms. The van der Waals surface area contributed by atoms with Crippen molar-refractivity contribution in [2.75, 3.05) is 19.6 Å². The van der Waals surface area contributed by atoms with Gasteiger partial charge in [-0.1, -0.05) is 36.4 Å². The molecule has 4 aromatic rings. The first kappa shape index (κ1) is 30.7. The smallest absolute Gasteiger partial charge is 0.334 e. The van der Waals surface area contributed by atoms with E-state index in [9.17, 15) is 23.9 Å². The Balaban J connectivity index is 1.35. The molecule has 11 nitrogen and oxygen atoms in total.